The number of oxime groups is 1. The monoisotopic (exact) mass is 375 g/mol. The number of carbonyl (C=O) groups excluding carboxylic acids is 1. The first kappa shape index (κ1) is 20.9. The van der Waals surface area contributed by atoms with E-state index in [2.05, 4.69) is 5.16 Å². The molecule has 0 radical (unpaired) electrons. The molecule has 3 atom stereocenters. The summed E-state index contributed by atoms with van der Waals surface area (Å²) in [5, 5.41) is 14.3. The molecular weight excluding hydrogens is 350 g/mol. The molecule has 0 aromatic rings. The predicted octanol–water partition coefficient (Wildman–Crippen LogP) is 3.86. The highest BCUT2D eigenvalue weighted by Gasteiger charge is 2.31. The van der Waals surface area contributed by atoms with Gasteiger partial charge in [-0.2, -0.15) is 0 Å². The standard InChI is InChI=1S/C17H26ClNO4S/c1-4-14(19-23-8-6-7-18)17-15(20)10-13(11-16(17)21)9-12(3)24(22)5-2/h6-7,12-13,20H,4-5,8-11H2,1-3H3/b7-6+,19-14-/t12-,13+,24+/m1/s1. The van der Waals surface area contributed by atoms with Crippen molar-refractivity contribution in [3.8, 4) is 0 Å². The highest BCUT2D eigenvalue weighted by Crippen LogP contribution is 2.31. The van der Waals surface area contributed by atoms with E-state index >= 15 is 0 Å². The molecule has 0 fully saturated rings. The van der Waals surface area contributed by atoms with Gasteiger partial charge < -0.3 is 9.94 Å². The van der Waals surface area contributed by atoms with Crippen LogP contribution in [0.1, 0.15) is 46.5 Å². The second-order valence-electron chi connectivity index (χ2n) is 5.78. The first-order chi connectivity index (χ1) is 11.4. The largest absolute Gasteiger partial charge is 0.511 e. The molecule has 1 aliphatic carbocycles. The second kappa shape index (κ2) is 10.7. The molecule has 1 aliphatic rings. The van der Waals surface area contributed by atoms with E-state index in [4.69, 9.17) is 16.4 Å². The average molecular weight is 376 g/mol. The van der Waals surface area contributed by atoms with Crippen molar-refractivity contribution < 1.29 is 18.9 Å². The Hall–Kier alpha value is -1.14. The Labute approximate surface area is 151 Å². The number of hydrogen-bond acceptors (Lipinski definition) is 5. The van der Waals surface area contributed by atoms with E-state index in [9.17, 15) is 14.1 Å². The fourth-order valence-corrected chi connectivity index (χ4v) is 3.94. The maximum absolute atomic E-state index is 12.5. The van der Waals surface area contributed by atoms with E-state index in [0.717, 1.165) is 0 Å². The van der Waals surface area contributed by atoms with E-state index in [1.807, 2.05) is 20.8 Å². The van der Waals surface area contributed by atoms with Crippen LogP contribution in [0.2, 0.25) is 0 Å². The van der Waals surface area contributed by atoms with E-state index in [-0.39, 0.29) is 34.9 Å². The number of halogens is 1. The van der Waals surface area contributed by atoms with Crippen LogP contribution in [-0.4, -0.2) is 38.4 Å². The van der Waals surface area contributed by atoms with Crippen molar-refractivity contribution in [2.45, 2.75) is 51.7 Å². The number of nitrogens with zero attached hydrogens (tertiary/aromatic N) is 1. The van der Waals surface area contributed by atoms with Gasteiger partial charge in [-0.1, -0.05) is 37.5 Å². The summed E-state index contributed by atoms with van der Waals surface area (Å²) in [6.07, 6.45) is 3.48. The number of Topliss-reactive ketones (excluding diaryl/α,β-unsaturated/α-hetero) is 1. The molecule has 5 nitrogen and oxygen atoms in total. The minimum absolute atomic E-state index is 0.0185. The topological polar surface area (TPSA) is 76.0 Å². The number of rotatable bonds is 9. The van der Waals surface area contributed by atoms with Crippen LogP contribution in [0.25, 0.3) is 0 Å². The van der Waals surface area contributed by atoms with Gasteiger partial charge in [-0.25, -0.2) is 0 Å². The van der Waals surface area contributed by atoms with Crippen molar-refractivity contribution in [1.82, 2.24) is 0 Å². The van der Waals surface area contributed by atoms with Gasteiger partial charge in [0.05, 0.1) is 11.3 Å². The zero-order valence-electron chi connectivity index (χ0n) is 14.5. The van der Waals surface area contributed by atoms with Crippen molar-refractivity contribution in [2.24, 2.45) is 11.1 Å². The first-order valence-corrected chi connectivity index (χ1v) is 10.0. The van der Waals surface area contributed by atoms with Crippen LogP contribution in [0.15, 0.2) is 28.1 Å². The summed E-state index contributed by atoms with van der Waals surface area (Å²) in [5.74, 6) is 0.554. The van der Waals surface area contributed by atoms with E-state index in [0.29, 0.717) is 37.1 Å². The molecule has 1 N–H and O–H groups in total. The molecule has 0 unspecified atom stereocenters. The zero-order valence-corrected chi connectivity index (χ0v) is 16.0. The van der Waals surface area contributed by atoms with Gasteiger partial charge in [0.2, 0.25) is 0 Å². The normalized spacial score (nSPS) is 22.1. The third kappa shape index (κ3) is 6.06. The van der Waals surface area contributed by atoms with Gasteiger partial charge >= 0.3 is 0 Å². The van der Waals surface area contributed by atoms with Crippen LogP contribution in [0.3, 0.4) is 0 Å². The lowest BCUT2D eigenvalue weighted by Crippen LogP contribution is -2.27. The summed E-state index contributed by atoms with van der Waals surface area (Å²) in [7, 11) is -0.891. The van der Waals surface area contributed by atoms with E-state index < -0.39 is 10.8 Å². The second-order valence-corrected chi connectivity index (χ2v) is 8.18. The number of aliphatic hydroxyl groups excluding tert-OH is 1. The predicted molar refractivity (Wildman–Crippen MR) is 98.8 cm³/mol. The van der Waals surface area contributed by atoms with Gasteiger partial charge in [-0.15, -0.1) is 0 Å². The fourth-order valence-electron chi connectivity index (χ4n) is 2.81. The van der Waals surface area contributed by atoms with E-state index in [1.165, 1.54) is 5.54 Å². The van der Waals surface area contributed by atoms with Crippen LogP contribution in [0.4, 0.5) is 0 Å². The molecule has 7 heteroatoms. The summed E-state index contributed by atoms with van der Waals surface area (Å²) in [6.45, 7) is 5.87. The van der Waals surface area contributed by atoms with E-state index in [1.54, 1.807) is 6.08 Å². The lowest BCUT2D eigenvalue weighted by molar-refractivity contribution is -0.116. The van der Waals surface area contributed by atoms with Crippen molar-refractivity contribution in [3.63, 3.8) is 0 Å². The Morgan fingerprint density at radius 1 is 1.50 bits per heavy atom. The van der Waals surface area contributed by atoms with Crippen LogP contribution < -0.4 is 0 Å². The number of aliphatic hydroxyl groups is 1. The van der Waals surface area contributed by atoms with Gasteiger partial charge in [0.25, 0.3) is 0 Å². The number of carbonyl (C=O) groups is 1. The summed E-state index contributed by atoms with van der Waals surface area (Å²) in [6, 6.07) is 0. The lowest BCUT2D eigenvalue weighted by atomic mass is 9.82. The smallest absolute Gasteiger partial charge is 0.168 e. The average Bonchev–Trinajstić information content (AvgIpc) is 2.55. The molecule has 0 bridgehead atoms. The minimum Gasteiger partial charge on any atom is -0.511 e. The number of ketones is 1. The minimum atomic E-state index is -0.891. The Bertz CT molecular complexity index is 557. The molecule has 1 rings (SSSR count). The quantitative estimate of drug-likeness (QED) is 0.377. The summed E-state index contributed by atoms with van der Waals surface area (Å²) < 4.78 is 11.8. The van der Waals surface area contributed by atoms with Crippen molar-refractivity contribution in [2.75, 3.05) is 12.4 Å². The molecular formula is C17H26ClNO4S. The third-order valence-corrected chi connectivity index (χ3v) is 5.82. The highest BCUT2D eigenvalue weighted by atomic mass is 35.5. The van der Waals surface area contributed by atoms with Gasteiger partial charge in [-0.05, 0) is 24.8 Å². The number of hydrogen-bond donors (Lipinski definition) is 1. The molecule has 24 heavy (non-hydrogen) atoms. The maximum atomic E-state index is 12.5. The molecule has 0 saturated carbocycles. The molecule has 0 heterocycles. The Morgan fingerprint density at radius 3 is 2.75 bits per heavy atom. The van der Waals surface area contributed by atoms with Crippen molar-refractivity contribution in [1.29, 1.82) is 0 Å². The molecule has 0 spiro atoms. The molecule has 0 amide bonds. The highest BCUT2D eigenvalue weighted by molar-refractivity contribution is 7.85. The Kier molecular flexibility index (Phi) is 9.29. The molecule has 0 aromatic carbocycles. The van der Waals surface area contributed by atoms with Crippen molar-refractivity contribution in [3.05, 3.63) is 22.9 Å². The molecule has 136 valence electrons. The Balaban J connectivity index is 2.84. The van der Waals surface area contributed by atoms with Crippen LogP contribution >= 0.6 is 11.6 Å². The lowest BCUT2D eigenvalue weighted by Gasteiger charge is -2.25. The molecule has 0 aromatic heterocycles. The third-order valence-electron chi connectivity index (χ3n) is 3.98. The fraction of sp³-hybridized carbons (Fsp3) is 0.647. The molecule has 0 aliphatic heterocycles. The summed E-state index contributed by atoms with van der Waals surface area (Å²) in [4.78, 5) is 17.6. The SMILES string of the molecule is CC/C(=N/OC/C=C/Cl)C1=C(O)C[C@H](C[C@@H](C)[S@@](=O)CC)CC1=O. The summed E-state index contributed by atoms with van der Waals surface area (Å²) in [5.41, 5.74) is 2.05. The van der Waals surface area contributed by atoms with Crippen LogP contribution in [0, 0.1) is 5.92 Å². The maximum Gasteiger partial charge on any atom is 0.168 e. The van der Waals surface area contributed by atoms with Crippen LogP contribution in [0.5, 0.6) is 0 Å². The molecule has 0 saturated heterocycles. The Morgan fingerprint density at radius 2 is 2.21 bits per heavy atom. The van der Waals surface area contributed by atoms with Gasteiger partial charge in [0, 0.05) is 40.2 Å². The van der Waals surface area contributed by atoms with Gasteiger partial charge in [0.15, 0.2) is 5.78 Å². The van der Waals surface area contributed by atoms with Crippen molar-refractivity contribution >= 4 is 33.9 Å². The summed E-state index contributed by atoms with van der Waals surface area (Å²) >= 11 is 5.40. The zero-order chi connectivity index (χ0) is 18.1. The van der Waals surface area contributed by atoms with Gasteiger partial charge in [0.1, 0.15) is 12.4 Å². The van der Waals surface area contributed by atoms with Crippen LogP contribution in [-0.2, 0) is 20.4 Å². The number of allylic oxidation sites excluding steroid dienone is 2. The first-order valence-electron chi connectivity index (χ1n) is 8.21. The van der Waals surface area contributed by atoms with Gasteiger partial charge in [-0.3, -0.25) is 9.00 Å².